The minimum Gasteiger partial charge on any atom is -0.368 e. The zero-order valence-electron chi connectivity index (χ0n) is 13.3. The number of rotatable bonds is 6. The van der Waals surface area contributed by atoms with Crippen molar-refractivity contribution >= 4 is 11.8 Å². The second kappa shape index (κ2) is 7.89. The Kier molecular flexibility index (Phi) is 6.49. The van der Waals surface area contributed by atoms with Gasteiger partial charge in [0, 0.05) is 6.54 Å². The smallest absolute Gasteiger partial charge is 0.236 e. The minimum absolute atomic E-state index is 0.127. The molecule has 122 valence electrons. The first kappa shape index (κ1) is 18.1. The number of halogens is 1. The SMILES string of the molecule is CC.CNC(CNC(=O)C1(c2cccc(F)c2)CC1)C(N)=O. The van der Waals surface area contributed by atoms with Gasteiger partial charge in [-0.25, -0.2) is 4.39 Å². The molecule has 1 fully saturated rings. The summed E-state index contributed by atoms with van der Waals surface area (Å²) in [7, 11) is 1.60. The summed E-state index contributed by atoms with van der Waals surface area (Å²) in [6, 6.07) is 5.47. The van der Waals surface area contributed by atoms with E-state index < -0.39 is 17.4 Å². The molecule has 0 radical (unpaired) electrons. The zero-order valence-corrected chi connectivity index (χ0v) is 13.3. The van der Waals surface area contributed by atoms with Crippen LogP contribution in [-0.2, 0) is 15.0 Å². The number of hydrogen-bond acceptors (Lipinski definition) is 3. The summed E-state index contributed by atoms with van der Waals surface area (Å²) in [6.45, 7) is 4.13. The fourth-order valence-electron chi connectivity index (χ4n) is 2.27. The molecule has 1 saturated carbocycles. The quantitative estimate of drug-likeness (QED) is 0.735. The lowest BCUT2D eigenvalue weighted by Crippen LogP contribution is -2.49. The number of hydrogen-bond donors (Lipinski definition) is 3. The molecule has 5 nitrogen and oxygen atoms in total. The fourth-order valence-corrected chi connectivity index (χ4v) is 2.27. The van der Waals surface area contributed by atoms with Gasteiger partial charge in [0.05, 0.1) is 5.41 Å². The predicted octanol–water partition coefficient (Wildman–Crippen LogP) is 1.07. The number of nitrogens with two attached hydrogens (primary N) is 1. The third-order valence-electron chi connectivity index (χ3n) is 3.72. The predicted molar refractivity (Wildman–Crippen MR) is 83.7 cm³/mol. The summed E-state index contributed by atoms with van der Waals surface area (Å²) in [5.74, 6) is -1.07. The number of likely N-dealkylation sites (N-methyl/N-ethyl adjacent to an activating group) is 1. The third kappa shape index (κ3) is 4.04. The van der Waals surface area contributed by atoms with Crippen LogP contribution in [0.15, 0.2) is 24.3 Å². The Hall–Kier alpha value is -1.95. The van der Waals surface area contributed by atoms with E-state index in [1.807, 2.05) is 13.8 Å². The number of carbonyl (C=O) groups excluding carboxylic acids is 2. The highest BCUT2D eigenvalue weighted by atomic mass is 19.1. The van der Waals surface area contributed by atoms with Crippen molar-refractivity contribution in [3.05, 3.63) is 35.6 Å². The summed E-state index contributed by atoms with van der Waals surface area (Å²) in [5, 5.41) is 5.44. The largest absolute Gasteiger partial charge is 0.368 e. The average Bonchev–Trinajstić information content (AvgIpc) is 3.31. The lowest BCUT2D eigenvalue weighted by Gasteiger charge is -2.18. The topological polar surface area (TPSA) is 84.2 Å². The van der Waals surface area contributed by atoms with E-state index >= 15 is 0 Å². The van der Waals surface area contributed by atoms with Gasteiger partial charge in [0.25, 0.3) is 0 Å². The van der Waals surface area contributed by atoms with Gasteiger partial charge in [0.1, 0.15) is 11.9 Å². The molecule has 1 unspecified atom stereocenters. The summed E-state index contributed by atoms with van der Waals surface area (Å²) in [4.78, 5) is 23.4. The van der Waals surface area contributed by atoms with Gasteiger partial charge >= 0.3 is 0 Å². The van der Waals surface area contributed by atoms with E-state index in [9.17, 15) is 14.0 Å². The maximum atomic E-state index is 13.3. The summed E-state index contributed by atoms with van der Waals surface area (Å²) in [5.41, 5.74) is 5.21. The maximum Gasteiger partial charge on any atom is 0.236 e. The molecule has 1 aromatic carbocycles. The molecule has 6 heteroatoms. The highest BCUT2D eigenvalue weighted by Gasteiger charge is 2.51. The van der Waals surface area contributed by atoms with Crippen molar-refractivity contribution in [3.8, 4) is 0 Å². The molecule has 1 aliphatic carbocycles. The van der Waals surface area contributed by atoms with Crippen LogP contribution in [0.25, 0.3) is 0 Å². The van der Waals surface area contributed by atoms with E-state index in [0.717, 1.165) is 0 Å². The molecule has 1 aromatic rings. The van der Waals surface area contributed by atoms with E-state index in [1.165, 1.54) is 12.1 Å². The highest BCUT2D eigenvalue weighted by molar-refractivity contribution is 5.91. The van der Waals surface area contributed by atoms with Crippen molar-refractivity contribution in [2.45, 2.75) is 38.1 Å². The molecule has 22 heavy (non-hydrogen) atoms. The summed E-state index contributed by atoms with van der Waals surface area (Å²) < 4.78 is 13.3. The van der Waals surface area contributed by atoms with Gasteiger partial charge in [-0.05, 0) is 37.6 Å². The van der Waals surface area contributed by atoms with Crippen molar-refractivity contribution in [3.63, 3.8) is 0 Å². The van der Waals surface area contributed by atoms with Gasteiger partial charge < -0.3 is 16.4 Å². The number of benzene rings is 1. The summed E-state index contributed by atoms with van der Waals surface area (Å²) in [6.07, 6.45) is 1.37. The number of amides is 2. The zero-order chi connectivity index (χ0) is 16.8. The molecule has 0 aromatic heterocycles. The molecular formula is C16H24FN3O2. The van der Waals surface area contributed by atoms with Crippen LogP contribution in [0.5, 0.6) is 0 Å². The minimum atomic E-state index is -0.655. The Morgan fingerprint density at radius 3 is 2.45 bits per heavy atom. The van der Waals surface area contributed by atoms with Crippen LogP contribution < -0.4 is 16.4 Å². The van der Waals surface area contributed by atoms with Crippen molar-refractivity contribution in [1.29, 1.82) is 0 Å². The van der Waals surface area contributed by atoms with Gasteiger partial charge in [-0.15, -0.1) is 0 Å². The van der Waals surface area contributed by atoms with Crippen LogP contribution in [0.1, 0.15) is 32.3 Å². The first-order valence-electron chi connectivity index (χ1n) is 7.50. The third-order valence-corrected chi connectivity index (χ3v) is 3.72. The van der Waals surface area contributed by atoms with Crippen LogP contribution in [0, 0.1) is 5.82 Å². The first-order valence-corrected chi connectivity index (χ1v) is 7.50. The molecular weight excluding hydrogens is 285 g/mol. The Bertz CT molecular complexity index is 530. The molecule has 4 N–H and O–H groups in total. The van der Waals surface area contributed by atoms with Crippen molar-refractivity contribution < 1.29 is 14.0 Å². The van der Waals surface area contributed by atoms with E-state index in [0.29, 0.717) is 18.4 Å². The van der Waals surface area contributed by atoms with Crippen LogP contribution >= 0.6 is 0 Å². The Labute approximate surface area is 130 Å². The van der Waals surface area contributed by atoms with Crippen LogP contribution in [-0.4, -0.2) is 31.4 Å². The molecule has 1 atom stereocenters. The van der Waals surface area contributed by atoms with Crippen molar-refractivity contribution in [2.75, 3.05) is 13.6 Å². The molecule has 0 bridgehead atoms. The molecule has 0 heterocycles. The lowest BCUT2D eigenvalue weighted by atomic mass is 9.95. The molecule has 0 aliphatic heterocycles. The second-order valence-electron chi connectivity index (χ2n) is 5.05. The molecule has 0 spiro atoms. The van der Waals surface area contributed by atoms with Crippen LogP contribution in [0.2, 0.25) is 0 Å². The average molecular weight is 309 g/mol. The van der Waals surface area contributed by atoms with E-state index in [-0.39, 0.29) is 18.3 Å². The lowest BCUT2D eigenvalue weighted by molar-refractivity contribution is -0.124. The van der Waals surface area contributed by atoms with Gasteiger partial charge in [-0.3, -0.25) is 9.59 Å². The standard InChI is InChI=1S/C14H18FN3O2.C2H6/c1-17-11(12(16)19)8-18-13(20)14(5-6-14)9-3-2-4-10(15)7-9;1-2/h2-4,7,11,17H,5-6,8H2,1H3,(H2,16,19)(H,18,20);1-2H3. The van der Waals surface area contributed by atoms with E-state index in [4.69, 9.17) is 5.73 Å². The number of primary amides is 1. The maximum absolute atomic E-state index is 13.3. The molecule has 2 amide bonds. The Morgan fingerprint density at radius 2 is 2.00 bits per heavy atom. The van der Waals surface area contributed by atoms with Crippen molar-refractivity contribution in [2.24, 2.45) is 5.73 Å². The van der Waals surface area contributed by atoms with E-state index in [1.54, 1.807) is 19.2 Å². The first-order chi connectivity index (χ1) is 10.5. The highest BCUT2D eigenvalue weighted by Crippen LogP contribution is 2.48. The number of carbonyl (C=O) groups is 2. The molecule has 1 aliphatic rings. The van der Waals surface area contributed by atoms with Gasteiger partial charge in [0.15, 0.2) is 0 Å². The van der Waals surface area contributed by atoms with Crippen molar-refractivity contribution in [1.82, 2.24) is 10.6 Å². The molecule has 2 rings (SSSR count). The van der Waals surface area contributed by atoms with Gasteiger partial charge in [0.2, 0.25) is 11.8 Å². The Balaban J connectivity index is 0.00000116. The van der Waals surface area contributed by atoms with Crippen LogP contribution in [0.4, 0.5) is 4.39 Å². The van der Waals surface area contributed by atoms with Gasteiger partial charge in [-0.1, -0.05) is 26.0 Å². The molecule has 0 saturated heterocycles. The summed E-state index contributed by atoms with van der Waals surface area (Å²) >= 11 is 0. The normalized spacial score (nSPS) is 16.0. The fraction of sp³-hybridized carbons (Fsp3) is 0.500. The number of nitrogens with one attached hydrogen (secondary N) is 2. The van der Waals surface area contributed by atoms with Crippen LogP contribution in [0.3, 0.4) is 0 Å². The Morgan fingerprint density at radius 1 is 1.36 bits per heavy atom. The second-order valence-corrected chi connectivity index (χ2v) is 5.05. The van der Waals surface area contributed by atoms with Gasteiger partial charge in [-0.2, -0.15) is 0 Å². The van der Waals surface area contributed by atoms with E-state index in [2.05, 4.69) is 10.6 Å². The monoisotopic (exact) mass is 309 g/mol.